The number of aliphatic hydroxyl groups excluding tert-OH is 1. The highest BCUT2D eigenvalue weighted by Gasteiger charge is 2.39. The van der Waals surface area contributed by atoms with Crippen molar-refractivity contribution in [2.45, 2.75) is 101 Å². The normalized spacial score (nSPS) is 17.4. The van der Waals surface area contributed by atoms with Crippen molar-refractivity contribution in [3.8, 4) is 0 Å². The van der Waals surface area contributed by atoms with Crippen LogP contribution in [0.15, 0.2) is 23.1 Å². The summed E-state index contributed by atoms with van der Waals surface area (Å²) < 4.78 is 0. The molecule has 1 rings (SSSR count). The number of aryl methyl sites for hydroxylation is 1. The number of ketones is 2. The van der Waals surface area contributed by atoms with E-state index >= 15 is 0 Å². The first kappa shape index (κ1) is 30.4. The number of unbranched alkanes of at least 4 members (excludes halogenated alkanes) is 1. The highest BCUT2D eigenvalue weighted by atomic mass is 32.1. The number of carbonyl (C=O) groups is 2. The van der Waals surface area contributed by atoms with Crippen LogP contribution in [-0.2, 0) is 9.59 Å². The van der Waals surface area contributed by atoms with Crippen LogP contribution < -0.4 is 0 Å². The van der Waals surface area contributed by atoms with E-state index in [-0.39, 0.29) is 23.4 Å². The Hall–Kier alpha value is -1.59. The van der Waals surface area contributed by atoms with Gasteiger partial charge in [-0.3, -0.25) is 4.79 Å². The third-order valence-electron chi connectivity index (χ3n) is 7.65. The number of allylic oxidation sites excluding steroid dienone is 1. The molecule has 0 aromatic carbocycles. The highest BCUT2D eigenvalue weighted by molar-refractivity contribution is 7.09. The zero-order valence-corrected chi connectivity index (χ0v) is 23.7. The fraction of sp³-hybridized carbons (Fsp3) is 0.690. The Labute approximate surface area is 212 Å². The van der Waals surface area contributed by atoms with E-state index in [1.54, 1.807) is 18.3 Å². The summed E-state index contributed by atoms with van der Waals surface area (Å²) in [6, 6.07) is 0. The van der Waals surface area contributed by atoms with Crippen molar-refractivity contribution in [3.63, 3.8) is 0 Å². The largest absolute Gasteiger partial charge is 0.388 e. The molecule has 1 aromatic rings. The number of aromatic nitrogens is 1. The van der Waals surface area contributed by atoms with Crippen molar-refractivity contribution in [1.82, 2.24) is 4.98 Å². The molecule has 0 saturated heterocycles. The van der Waals surface area contributed by atoms with Crippen LogP contribution in [-0.4, -0.2) is 27.8 Å². The summed E-state index contributed by atoms with van der Waals surface area (Å²) >= 11 is 1.61. The van der Waals surface area contributed by atoms with Crippen LogP contribution in [0.2, 0.25) is 0 Å². The average molecular weight is 490 g/mol. The molecule has 1 aromatic heterocycles. The number of carbonyl (C=O) groups excluding carboxylic acids is 2. The lowest BCUT2D eigenvalue weighted by Gasteiger charge is -2.35. The van der Waals surface area contributed by atoms with Crippen molar-refractivity contribution < 1.29 is 14.7 Å². The standard InChI is InChI=1S/C29H47NO3S/c1-19(23(5)24(6)28(33)29(8,9)21(3)17-22(4)31)14-12-10-11-13-15-27(32)20(2)16-26-18-34-25(7)30-26/h11,13,16,18-19,21,23-24,27,32H,10,12,14-15,17H2,1-9H3/b13-11-,20-16+/t19-,21-,23-,24+,27-/m0/s1. The lowest BCUT2D eigenvalue weighted by molar-refractivity contribution is -0.136. The predicted molar refractivity (Wildman–Crippen MR) is 145 cm³/mol. The molecule has 0 bridgehead atoms. The summed E-state index contributed by atoms with van der Waals surface area (Å²) in [5, 5.41) is 13.4. The molecule has 0 aliphatic carbocycles. The molecule has 5 heteroatoms. The molecule has 0 aliphatic heterocycles. The van der Waals surface area contributed by atoms with Crippen molar-refractivity contribution in [2.24, 2.45) is 29.1 Å². The number of Topliss-reactive ketones (excluding diaryl/α,β-unsaturated/α-hetero) is 2. The van der Waals surface area contributed by atoms with Gasteiger partial charge in [-0.2, -0.15) is 0 Å². The second kappa shape index (κ2) is 14.1. The predicted octanol–water partition coefficient (Wildman–Crippen LogP) is 7.45. The third kappa shape index (κ3) is 9.58. The van der Waals surface area contributed by atoms with Crippen molar-refractivity contribution >= 4 is 29.0 Å². The van der Waals surface area contributed by atoms with Crippen LogP contribution in [0.25, 0.3) is 6.08 Å². The summed E-state index contributed by atoms with van der Waals surface area (Å²) in [7, 11) is 0. The molecule has 1 heterocycles. The van der Waals surface area contributed by atoms with Crippen LogP contribution >= 0.6 is 11.3 Å². The van der Waals surface area contributed by atoms with Crippen LogP contribution in [0.3, 0.4) is 0 Å². The minimum absolute atomic E-state index is 0.0265. The summed E-state index contributed by atoms with van der Waals surface area (Å²) in [6.07, 6.45) is 9.85. The lowest BCUT2D eigenvalue weighted by atomic mass is 9.67. The Kier molecular flexibility index (Phi) is 12.6. The van der Waals surface area contributed by atoms with E-state index in [9.17, 15) is 14.7 Å². The molecular formula is C29H47NO3S. The van der Waals surface area contributed by atoms with Gasteiger partial charge in [0.15, 0.2) is 0 Å². The third-order valence-corrected chi connectivity index (χ3v) is 8.45. The van der Waals surface area contributed by atoms with E-state index in [0.717, 1.165) is 35.5 Å². The molecule has 0 spiro atoms. The van der Waals surface area contributed by atoms with Crippen LogP contribution in [0, 0.1) is 36.0 Å². The topological polar surface area (TPSA) is 67.3 Å². The number of rotatable bonds is 15. The maximum Gasteiger partial charge on any atom is 0.141 e. The Morgan fingerprint density at radius 3 is 2.35 bits per heavy atom. The van der Waals surface area contributed by atoms with E-state index in [2.05, 4.69) is 37.9 Å². The SMILES string of the molecule is CC(=O)C[C@H](C)C(C)(C)C(=O)[C@H](C)[C@@H](C)[C@@H](C)CCC/C=C\C[C@H](O)/C(C)=C/c1csc(C)n1. The molecule has 34 heavy (non-hydrogen) atoms. The van der Waals surface area contributed by atoms with Crippen molar-refractivity contribution in [1.29, 1.82) is 0 Å². The van der Waals surface area contributed by atoms with E-state index in [4.69, 9.17) is 0 Å². The molecule has 0 unspecified atom stereocenters. The molecule has 0 fully saturated rings. The second-order valence-corrected chi connectivity index (χ2v) is 11.9. The number of thiazole rings is 1. The van der Waals surface area contributed by atoms with Crippen LogP contribution in [0.4, 0.5) is 0 Å². The first-order chi connectivity index (χ1) is 15.8. The monoisotopic (exact) mass is 489 g/mol. The highest BCUT2D eigenvalue weighted by Crippen LogP contribution is 2.37. The van der Waals surface area contributed by atoms with E-state index in [1.807, 2.05) is 46.1 Å². The van der Waals surface area contributed by atoms with Crippen molar-refractivity contribution in [2.75, 3.05) is 0 Å². The number of nitrogens with zero attached hydrogens (tertiary/aromatic N) is 1. The van der Waals surface area contributed by atoms with Crippen LogP contribution in [0.5, 0.6) is 0 Å². The summed E-state index contributed by atoms with van der Waals surface area (Å²) in [5.41, 5.74) is 1.35. The molecule has 0 saturated carbocycles. The van der Waals surface area contributed by atoms with E-state index in [1.165, 1.54) is 0 Å². The number of hydrogen-bond donors (Lipinski definition) is 1. The van der Waals surface area contributed by atoms with E-state index < -0.39 is 11.5 Å². The molecule has 0 amide bonds. The van der Waals surface area contributed by atoms with Gasteiger partial charge in [0.05, 0.1) is 16.8 Å². The summed E-state index contributed by atoms with van der Waals surface area (Å²) in [4.78, 5) is 29.2. The maximum absolute atomic E-state index is 13.2. The van der Waals surface area contributed by atoms with Gasteiger partial charge in [-0.1, -0.05) is 60.1 Å². The fourth-order valence-electron chi connectivity index (χ4n) is 4.37. The van der Waals surface area contributed by atoms with Gasteiger partial charge >= 0.3 is 0 Å². The minimum Gasteiger partial charge on any atom is -0.388 e. The van der Waals surface area contributed by atoms with E-state index in [0.29, 0.717) is 24.7 Å². The zero-order chi connectivity index (χ0) is 26.1. The Bertz CT molecular complexity index is 851. The smallest absolute Gasteiger partial charge is 0.141 e. The first-order valence-electron chi connectivity index (χ1n) is 12.7. The van der Waals surface area contributed by atoms with Gasteiger partial charge in [-0.25, -0.2) is 4.98 Å². The molecule has 1 N–H and O–H groups in total. The zero-order valence-electron chi connectivity index (χ0n) is 22.9. The molecule has 5 atom stereocenters. The summed E-state index contributed by atoms with van der Waals surface area (Å²) in [5.74, 6) is 1.18. The van der Waals surface area contributed by atoms with Gasteiger partial charge in [-0.15, -0.1) is 11.3 Å². The Morgan fingerprint density at radius 2 is 1.79 bits per heavy atom. The number of aliphatic hydroxyl groups is 1. The number of hydrogen-bond acceptors (Lipinski definition) is 5. The van der Waals surface area contributed by atoms with Gasteiger partial charge in [0.2, 0.25) is 0 Å². The molecule has 4 nitrogen and oxygen atoms in total. The lowest BCUT2D eigenvalue weighted by Crippen LogP contribution is -2.39. The van der Waals surface area contributed by atoms with Gasteiger partial charge in [0, 0.05) is 23.1 Å². The minimum atomic E-state index is -0.493. The Balaban J connectivity index is 2.45. The maximum atomic E-state index is 13.2. The molecule has 0 radical (unpaired) electrons. The Morgan fingerprint density at radius 1 is 1.15 bits per heavy atom. The average Bonchev–Trinajstić information content (AvgIpc) is 3.17. The van der Waals surface area contributed by atoms with Gasteiger partial charge < -0.3 is 9.90 Å². The van der Waals surface area contributed by atoms with Gasteiger partial charge in [-0.05, 0) is 69.4 Å². The first-order valence-corrected chi connectivity index (χ1v) is 13.6. The van der Waals surface area contributed by atoms with Gasteiger partial charge in [0.1, 0.15) is 11.6 Å². The molecule has 0 aliphatic rings. The molecular weight excluding hydrogens is 442 g/mol. The molecule has 192 valence electrons. The quantitative estimate of drug-likeness (QED) is 0.205. The van der Waals surface area contributed by atoms with Gasteiger partial charge in [0.25, 0.3) is 0 Å². The summed E-state index contributed by atoms with van der Waals surface area (Å²) in [6.45, 7) is 18.0. The fourth-order valence-corrected chi connectivity index (χ4v) is 4.94. The van der Waals surface area contributed by atoms with Crippen molar-refractivity contribution in [3.05, 3.63) is 33.8 Å². The second-order valence-electron chi connectivity index (χ2n) is 10.9. The van der Waals surface area contributed by atoms with Crippen LogP contribution in [0.1, 0.15) is 98.2 Å².